The van der Waals surface area contributed by atoms with Crippen LogP contribution in [0.4, 0.5) is 5.69 Å². The van der Waals surface area contributed by atoms with Crippen molar-refractivity contribution in [2.45, 2.75) is 38.5 Å². The first-order chi connectivity index (χ1) is 11.2. The summed E-state index contributed by atoms with van der Waals surface area (Å²) >= 11 is 0. The first kappa shape index (κ1) is 17.3. The highest BCUT2D eigenvalue weighted by Gasteiger charge is 2.35. The van der Waals surface area contributed by atoms with Crippen molar-refractivity contribution < 1.29 is 19.1 Å². The van der Waals surface area contributed by atoms with E-state index in [1.54, 1.807) is 31.4 Å². The van der Waals surface area contributed by atoms with Gasteiger partial charge >= 0.3 is 5.97 Å². The molecule has 5 nitrogen and oxygen atoms in total. The van der Waals surface area contributed by atoms with E-state index in [9.17, 15) is 9.59 Å². The van der Waals surface area contributed by atoms with Gasteiger partial charge in [0.05, 0.1) is 14.2 Å². The zero-order valence-electron chi connectivity index (χ0n) is 13.8. The van der Waals surface area contributed by atoms with Crippen LogP contribution in [0.1, 0.15) is 38.5 Å². The van der Waals surface area contributed by atoms with Gasteiger partial charge in [-0.05, 0) is 43.0 Å². The van der Waals surface area contributed by atoms with Crippen molar-refractivity contribution in [1.29, 1.82) is 0 Å². The Kier molecular flexibility index (Phi) is 6.44. The Morgan fingerprint density at radius 1 is 1.04 bits per heavy atom. The lowest BCUT2D eigenvalue weighted by atomic mass is 9.85. The topological polar surface area (TPSA) is 64.6 Å². The number of ether oxygens (including phenoxy) is 2. The summed E-state index contributed by atoms with van der Waals surface area (Å²) in [6, 6.07) is 7.07. The van der Waals surface area contributed by atoms with E-state index in [-0.39, 0.29) is 11.8 Å². The van der Waals surface area contributed by atoms with Crippen molar-refractivity contribution in [2.24, 2.45) is 11.8 Å². The third kappa shape index (κ3) is 4.71. The molecule has 0 saturated heterocycles. The fourth-order valence-electron chi connectivity index (χ4n) is 3.18. The van der Waals surface area contributed by atoms with E-state index >= 15 is 0 Å². The van der Waals surface area contributed by atoms with Gasteiger partial charge in [0.2, 0.25) is 5.91 Å². The van der Waals surface area contributed by atoms with Gasteiger partial charge in [0.1, 0.15) is 11.7 Å². The summed E-state index contributed by atoms with van der Waals surface area (Å²) in [5.74, 6) is -0.684. The normalized spacial score (nSPS) is 17.0. The lowest BCUT2D eigenvalue weighted by molar-refractivity contribution is -0.151. The fraction of sp³-hybridized carbons (Fsp3) is 0.556. The molecule has 0 unspecified atom stereocenters. The van der Waals surface area contributed by atoms with Crippen molar-refractivity contribution in [1.82, 2.24) is 0 Å². The smallest absolute Gasteiger partial charge is 0.318 e. The van der Waals surface area contributed by atoms with Crippen LogP contribution in [0, 0.1) is 11.8 Å². The Bertz CT molecular complexity index is 518. The summed E-state index contributed by atoms with van der Waals surface area (Å²) in [5, 5.41) is 2.83. The summed E-state index contributed by atoms with van der Waals surface area (Å²) in [7, 11) is 2.93. The Hall–Kier alpha value is -2.04. The van der Waals surface area contributed by atoms with Crippen LogP contribution in [0.25, 0.3) is 0 Å². The molecule has 1 amide bonds. The quantitative estimate of drug-likeness (QED) is 0.513. The molecule has 0 bridgehead atoms. The Morgan fingerprint density at radius 3 is 2.17 bits per heavy atom. The molecule has 0 heterocycles. The van der Waals surface area contributed by atoms with Crippen LogP contribution in [0.5, 0.6) is 5.75 Å². The fourth-order valence-corrected chi connectivity index (χ4v) is 3.18. The monoisotopic (exact) mass is 319 g/mol. The molecule has 1 aromatic rings. The zero-order valence-corrected chi connectivity index (χ0v) is 13.8. The molecule has 0 aromatic heterocycles. The minimum absolute atomic E-state index is 0.0585. The second-order valence-corrected chi connectivity index (χ2v) is 5.97. The summed E-state index contributed by atoms with van der Waals surface area (Å²) in [4.78, 5) is 24.8. The largest absolute Gasteiger partial charge is 0.497 e. The van der Waals surface area contributed by atoms with Gasteiger partial charge in [-0.25, -0.2) is 0 Å². The number of hydrogen-bond acceptors (Lipinski definition) is 4. The lowest BCUT2D eigenvalue weighted by Gasteiger charge is -2.23. The Labute approximate surface area is 137 Å². The van der Waals surface area contributed by atoms with E-state index in [1.807, 2.05) is 0 Å². The van der Waals surface area contributed by atoms with Gasteiger partial charge in [0.25, 0.3) is 0 Å². The van der Waals surface area contributed by atoms with Gasteiger partial charge in [-0.2, -0.15) is 0 Å². The van der Waals surface area contributed by atoms with Crippen molar-refractivity contribution in [3.63, 3.8) is 0 Å². The maximum absolute atomic E-state index is 12.6. The first-order valence-electron chi connectivity index (χ1n) is 8.18. The van der Waals surface area contributed by atoms with Gasteiger partial charge in [-0.3, -0.25) is 9.59 Å². The number of carbonyl (C=O) groups is 2. The molecule has 0 spiro atoms. The van der Waals surface area contributed by atoms with Gasteiger partial charge in [-0.15, -0.1) is 0 Å². The SMILES string of the molecule is COC(=O)[C@@H](C(=O)Nc1ccc(OC)cc1)C1CCCCCC1. The van der Waals surface area contributed by atoms with Crippen LogP contribution < -0.4 is 10.1 Å². The molecule has 1 aliphatic carbocycles. The lowest BCUT2D eigenvalue weighted by Crippen LogP contribution is -2.36. The highest BCUT2D eigenvalue weighted by Crippen LogP contribution is 2.31. The maximum atomic E-state index is 12.6. The van der Waals surface area contributed by atoms with Gasteiger partial charge in [-0.1, -0.05) is 25.7 Å². The average Bonchev–Trinajstić information content (AvgIpc) is 2.84. The summed E-state index contributed by atoms with van der Waals surface area (Å²) < 4.78 is 9.98. The van der Waals surface area contributed by atoms with Crippen LogP contribution in [-0.2, 0) is 14.3 Å². The highest BCUT2D eigenvalue weighted by molar-refractivity contribution is 6.05. The van der Waals surface area contributed by atoms with E-state index in [0.29, 0.717) is 5.69 Å². The first-order valence-corrected chi connectivity index (χ1v) is 8.18. The van der Waals surface area contributed by atoms with E-state index < -0.39 is 11.9 Å². The number of nitrogens with one attached hydrogen (secondary N) is 1. The standard InChI is InChI=1S/C18H25NO4/c1-22-15-11-9-14(10-12-15)19-17(20)16(18(21)23-2)13-7-5-3-4-6-8-13/h9-13,16H,3-8H2,1-2H3,(H,19,20)/t16-/m1/s1. The number of carbonyl (C=O) groups excluding carboxylic acids is 2. The predicted octanol–water partition coefficient (Wildman–Crippen LogP) is 3.39. The molecule has 23 heavy (non-hydrogen) atoms. The molecule has 1 aromatic carbocycles. The van der Waals surface area contributed by atoms with Crippen LogP contribution in [-0.4, -0.2) is 26.1 Å². The van der Waals surface area contributed by atoms with E-state index in [1.165, 1.54) is 20.0 Å². The van der Waals surface area contributed by atoms with Crippen LogP contribution in [0.3, 0.4) is 0 Å². The maximum Gasteiger partial charge on any atom is 0.318 e. The molecular weight excluding hydrogens is 294 g/mol. The summed E-state index contributed by atoms with van der Waals surface area (Å²) in [6.45, 7) is 0. The molecule has 1 aliphatic rings. The predicted molar refractivity (Wildman–Crippen MR) is 88.3 cm³/mol. The number of hydrogen-bond donors (Lipinski definition) is 1. The molecule has 0 radical (unpaired) electrons. The zero-order chi connectivity index (χ0) is 16.7. The molecule has 126 valence electrons. The number of methoxy groups -OCH3 is 2. The van der Waals surface area contributed by atoms with Crippen molar-refractivity contribution in [2.75, 3.05) is 19.5 Å². The Morgan fingerprint density at radius 2 is 1.65 bits per heavy atom. The van der Waals surface area contributed by atoms with Crippen molar-refractivity contribution in [3.8, 4) is 5.75 Å². The summed E-state index contributed by atoms with van der Waals surface area (Å²) in [6.07, 6.45) is 6.27. The van der Waals surface area contributed by atoms with Crippen LogP contribution >= 0.6 is 0 Å². The molecular formula is C18H25NO4. The Balaban J connectivity index is 2.10. The number of esters is 1. The molecule has 0 aliphatic heterocycles. The highest BCUT2D eigenvalue weighted by atomic mass is 16.5. The molecule has 5 heteroatoms. The number of benzene rings is 1. The molecule has 1 fully saturated rings. The van der Waals surface area contributed by atoms with E-state index in [4.69, 9.17) is 9.47 Å². The van der Waals surface area contributed by atoms with Crippen LogP contribution in [0.15, 0.2) is 24.3 Å². The minimum Gasteiger partial charge on any atom is -0.497 e. The molecule has 1 saturated carbocycles. The second kappa shape index (κ2) is 8.56. The third-order valence-electron chi connectivity index (χ3n) is 4.47. The van der Waals surface area contributed by atoms with Crippen molar-refractivity contribution in [3.05, 3.63) is 24.3 Å². The summed E-state index contributed by atoms with van der Waals surface area (Å²) in [5.41, 5.74) is 0.651. The average molecular weight is 319 g/mol. The van der Waals surface area contributed by atoms with Gasteiger partial charge < -0.3 is 14.8 Å². The molecule has 2 rings (SSSR count). The van der Waals surface area contributed by atoms with E-state index in [2.05, 4.69) is 5.32 Å². The van der Waals surface area contributed by atoms with Gasteiger partial charge in [0.15, 0.2) is 0 Å². The number of anilines is 1. The van der Waals surface area contributed by atoms with Gasteiger partial charge in [0, 0.05) is 5.69 Å². The number of rotatable bonds is 5. The van der Waals surface area contributed by atoms with E-state index in [0.717, 1.165) is 31.4 Å². The number of amides is 1. The second-order valence-electron chi connectivity index (χ2n) is 5.97. The molecule has 1 N–H and O–H groups in total. The minimum atomic E-state index is -0.736. The molecule has 1 atom stereocenters. The van der Waals surface area contributed by atoms with Crippen molar-refractivity contribution >= 4 is 17.6 Å². The third-order valence-corrected chi connectivity index (χ3v) is 4.47. The van der Waals surface area contributed by atoms with Crippen LogP contribution in [0.2, 0.25) is 0 Å².